The lowest BCUT2D eigenvalue weighted by atomic mass is 9.66. The number of unbranched alkanes of at least 4 members (excludes halogenated alkanes) is 6. The van der Waals surface area contributed by atoms with Crippen molar-refractivity contribution in [2.45, 2.75) is 89.9 Å². The summed E-state index contributed by atoms with van der Waals surface area (Å²) in [5, 5.41) is 0. The molecule has 0 N–H and O–H groups in total. The molecule has 0 saturated heterocycles. The van der Waals surface area contributed by atoms with E-state index in [-0.39, 0.29) is 17.1 Å². The average Bonchev–Trinajstić information content (AvgIpc) is 1.53. The topological polar surface area (TPSA) is 36.9 Å². The Labute approximate surface area is 491 Å². The van der Waals surface area contributed by atoms with Crippen LogP contribution < -0.4 is 18.9 Å². The van der Waals surface area contributed by atoms with Gasteiger partial charge in [-0.05, 0) is 194 Å². The standard InChI is InChI=1S/C76H62O4.12H2/c1-7-11-15-19-48-77-63-37-29-59(30-38-63)75(60-31-39-64(40-32-60)78-49-20-16-12-8-2)70-25-23-24-56(6)74(70)69-47-28-58(54-73(69)75)57-27-46-68-67-45-26-55(5)52-71(67)76(72(68)53-57,61-33-41-65(42-34-61)79-50-21-17-13-9-3)62-35-43-66(44-36-62)80-51-22-18-14-10-4;;;;;;;;;;;;/h1,3,23-47,52-54H,8,10,12,14,16,18,20,22,49,51H2,2,4-6H3;12*1H. The molecule has 2 aliphatic carbocycles. The second-order valence-corrected chi connectivity index (χ2v) is 20.4. The van der Waals surface area contributed by atoms with Gasteiger partial charge in [0.15, 0.2) is 0 Å². The maximum atomic E-state index is 6.36. The maximum Gasteiger partial charge on any atom is 0.140 e. The van der Waals surface area contributed by atoms with Gasteiger partial charge in [-0.25, -0.2) is 0 Å². The fraction of sp³-hybridized carbons (Fsp3) is 0.211. The third kappa shape index (κ3) is 10.5. The van der Waals surface area contributed by atoms with Crippen LogP contribution in [0.15, 0.2) is 170 Å². The Morgan fingerprint density at radius 2 is 0.825 bits per heavy atom. The normalized spacial score (nSPS) is 14.7. The molecule has 0 amide bonds. The minimum absolute atomic E-state index is 0. The summed E-state index contributed by atoms with van der Waals surface area (Å²) in [7, 11) is 0. The number of ether oxygens (including phenoxy) is 4. The average molecular weight is 1060 g/mol. The van der Waals surface area contributed by atoms with E-state index in [2.05, 4.69) is 233 Å². The molecule has 414 valence electrons. The van der Waals surface area contributed by atoms with Gasteiger partial charge in [0, 0.05) is 40.8 Å². The predicted molar refractivity (Wildman–Crippen MR) is 351 cm³/mol. The second-order valence-electron chi connectivity index (χ2n) is 20.4. The Morgan fingerprint density at radius 1 is 0.400 bits per heavy atom. The zero-order valence-corrected chi connectivity index (χ0v) is 46.0. The van der Waals surface area contributed by atoms with Crippen LogP contribution in [0.2, 0.25) is 0 Å². The second kappa shape index (κ2) is 24.8. The molecule has 2 aliphatic rings. The number of terminal acetylenes is 2. The molecule has 0 saturated carbocycles. The Kier molecular flexibility index (Phi) is 16.6. The Hall–Kier alpha value is -9.68. The number of hydrogen-bond donors (Lipinski definition) is 0. The highest BCUT2D eigenvalue weighted by Gasteiger charge is 2.48. The van der Waals surface area contributed by atoms with Crippen LogP contribution >= 0.6 is 0 Å². The van der Waals surface area contributed by atoms with Gasteiger partial charge in [0.25, 0.3) is 0 Å². The molecular formula is C76H86O4. The molecule has 0 bridgehead atoms. The monoisotopic (exact) mass is 1060 g/mol. The molecule has 10 rings (SSSR count). The van der Waals surface area contributed by atoms with E-state index in [0.717, 1.165) is 70.6 Å². The van der Waals surface area contributed by atoms with Crippen molar-refractivity contribution in [3.8, 4) is 129 Å². The zero-order valence-electron chi connectivity index (χ0n) is 46.0. The van der Waals surface area contributed by atoms with Crippen molar-refractivity contribution in [1.82, 2.24) is 0 Å². The molecule has 8 aromatic carbocycles. The molecule has 0 heterocycles. The summed E-state index contributed by atoms with van der Waals surface area (Å²) >= 11 is 0. The largest absolute Gasteiger partial charge is 0.494 e. The van der Waals surface area contributed by atoms with Gasteiger partial charge in [0.2, 0.25) is 0 Å². The smallest absolute Gasteiger partial charge is 0.140 e. The number of aryl methyl sites for hydroxylation is 2. The predicted octanol–water partition coefficient (Wildman–Crippen LogP) is 19.5. The fourth-order valence-electron chi connectivity index (χ4n) is 11.9. The van der Waals surface area contributed by atoms with E-state index in [9.17, 15) is 0 Å². The maximum absolute atomic E-state index is 6.36. The van der Waals surface area contributed by atoms with Gasteiger partial charge < -0.3 is 18.9 Å². The highest BCUT2D eigenvalue weighted by atomic mass is 16.5. The van der Waals surface area contributed by atoms with E-state index in [1.807, 2.05) is 24.3 Å². The van der Waals surface area contributed by atoms with Gasteiger partial charge in [0.05, 0.1) is 24.0 Å². The first kappa shape index (κ1) is 53.7. The van der Waals surface area contributed by atoms with Crippen LogP contribution in [0, 0.1) is 86.3 Å². The van der Waals surface area contributed by atoms with Gasteiger partial charge >= 0.3 is 0 Å². The van der Waals surface area contributed by atoms with Crippen molar-refractivity contribution >= 4 is 0 Å². The van der Waals surface area contributed by atoms with Crippen LogP contribution in [-0.2, 0) is 10.8 Å². The Morgan fingerprint density at radius 3 is 1.30 bits per heavy atom. The summed E-state index contributed by atoms with van der Waals surface area (Å²) in [6.07, 6.45) is 25.1. The third-order valence-corrected chi connectivity index (χ3v) is 15.5. The molecule has 4 heteroatoms. The van der Waals surface area contributed by atoms with Gasteiger partial charge in [-0.15, -0.1) is 12.8 Å². The van der Waals surface area contributed by atoms with Gasteiger partial charge in [-0.1, -0.05) is 167 Å². The molecule has 80 heavy (non-hydrogen) atoms. The van der Waals surface area contributed by atoms with Crippen LogP contribution in [0.3, 0.4) is 0 Å². The van der Waals surface area contributed by atoms with Crippen molar-refractivity contribution in [3.63, 3.8) is 0 Å². The van der Waals surface area contributed by atoms with Crippen molar-refractivity contribution in [3.05, 3.63) is 225 Å². The minimum atomic E-state index is -0.732. The van der Waals surface area contributed by atoms with Gasteiger partial charge in [-0.2, -0.15) is 0 Å². The van der Waals surface area contributed by atoms with Crippen molar-refractivity contribution < 1.29 is 36.1 Å². The molecule has 8 aromatic rings. The van der Waals surface area contributed by atoms with Crippen molar-refractivity contribution in [2.75, 3.05) is 13.2 Å². The lowest BCUT2D eigenvalue weighted by Gasteiger charge is -2.35. The van der Waals surface area contributed by atoms with Crippen LogP contribution in [-0.4, -0.2) is 13.2 Å². The minimum Gasteiger partial charge on any atom is -0.494 e. The summed E-state index contributed by atoms with van der Waals surface area (Å²) in [5.74, 6) is 23.2. The van der Waals surface area contributed by atoms with Crippen LogP contribution in [0.5, 0.6) is 23.0 Å². The molecule has 0 spiro atoms. The van der Waals surface area contributed by atoms with E-state index >= 15 is 0 Å². The highest BCUT2D eigenvalue weighted by molar-refractivity contribution is 5.92. The molecule has 0 aromatic heterocycles. The molecule has 0 aliphatic heterocycles. The van der Waals surface area contributed by atoms with E-state index in [1.165, 1.54) is 81.3 Å². The van der Waals surface area contributed by atoms with Gasteiger partial charge in [-0.3, -0.25) is 0 Å². The number of hydrogen-bond acceptors (Lipinski definition) is 4. The Balaban J connectivity index is -0.00000660. The van der Waals surface area contributed by atoms with E-state index in [0.29, 0.717) is 24.7 Å². The number of fused-ring (bicyclic) bond motifs is 6. The number of rotatable bonds is 19. The zero-order chi connectivity index (χ0) is 55.3. The molecular weight excluding hydrogens is 977 g/mol. The van der Waals surface area contributed by atoms with Crippen molar-refractivity contribution in [1.29, 1.82) is 0 Å². The summed E-state index contributed by atoms with van der Waals surface area (Å²) in [4.78, 5) is 0. The van der Waals surface area contributed by atoms with E-state index in [1.54, 1.807) is 0 Å². The lowest BCUT2D eigenvalue weighted by molar-refractivity contribution is 0.305. The first-order chi connectivity index (χ1) is 39.3. The first-order valence-corrected chi connectivity index (χ1v) is 27.8. The molecule has 4 nitrogen and oxygen atoms in total. The molecule has 0 fully saturated rings. The molecule has 2 unspecified atom stereocenters. The summed E-state index contributed by atoms with van der Waals surface area (Å²) in [6, 6.07) is 61.7. The SMILES string of the molecule is C#CC#CC#COc1ccc(C2(c3ccc(OCCCCCC)cc3)c3cc(C)ccc3-c3ccc(-c4ccc5c(c4)C(c4ccc(OC#CC#CC#C)cc4)(c4ccc(OCCCCCC)cc4)c4cccc(C)c4-5)cc32)cc1.[HH].[HH].[HH].[HH].[HH].[HH].[HH].[HH].[HH].[HH].[HH].[HH]. The van der Waals surface area contributed by atoms with Crippen LogP contribution in [0.25, 0.3) is 33.4 Å². The quantitative estimate of drug-likeness (QED) is 0.0597. The first-order valence-electron chi connectivity index (χ1n) is 27.8. The highest BCUT2D eigenvalue weighted by Crippen LogP contribution is 2.60. The Bertz CT molecular complexity index is 3960. The summed E-state index contributed by atoms with van der Waals surface area (Å²) < 4.78 is 24.4. The third-order valence-electron chi connectivity index (χ3n) is 15.5. The van der Waals surface area contributed by atoms with Crippen LogP contribution in [0.1, 0.15) is 138 Å². The van der Waals surface area contributed by atoms with E-state index in [4.69, 9.17) is 31.8 Å². The summed E-state index contributed by atoms with van der Waals surface area (Å²) in [6.45, 7) is 10.2. The molecule has 0 radical (unpaired) electrons. The van der Waals surface area contributed by atoms with Crippen LogP contribution in [0.4, 0.5) is 0 Å². The number of benzene rings is 8. The summed E-state index contributed by atoms with van der Waals surface area (Å²) in [5.41, 5.74) is 17.1. The van der Waals surface area contributed by atoms with E-state index < -0.39 is 10.8 Å². The lowest BCUT2D eigenvalue weighted by Crippen LogP contribution is -2.29. The fourth-order valence-corrected chi connectivity index (χ4v) is 11.9. The van der Waals surface area contributed by atoms with Crippen molar-refractivity contribution in [2.24, 2.45) is 0 Å². The molecule has 2 atom stereocenters. The van der Waals surface area contributed by atoms with Gasteiger partial charge in [0.1, 0.15) is 35.2 Å².